The van der Waals surface area contributed by atoms with Gasteiger partial charge in [0, 0.05) is 5.92 Å². The molecule has 2 aromatic rings. The molecule has 1 aromatic heterocycles. The van der Waals surface area contributed by atoms with Crippen LogP contribution in [0.25, 0.3) is 0 Å². The molecule has 3 rings (SSSR count). The lowest BCUT2D eigenvalue weighted by atomic mass is 9.93. The van der Waals surface area contributed by atoms with Gasteiger partial charge in [0.2, 0.25) is 0 Å². The van der Waals surface area contributed by atoms with Crippen LogP contribution in [0.2, 0.25) is 0 Å². The summed E-state index contributed by atoms with van der Waals surface area (Å²) in [5.41, 5.74) is 0.997. The maximum atomic E-state index is 11.0. The van der Waals surface area contributed by atoms with E-state index in [9.17, 15) is 4.79 Å². The molecular formula is C12H13N5O3. The van der Waals surface area contributed by atoms with Crippen LogP contribution in [0.1, 0.15) is 23.3 Å². The minimum Gasteiger partial charge on any atom is -0.497 e. The predicted molar refractivity (Wildman–Crippen MR) is 67.5 cm³/mol. The lowest BCUT2D eigenvalue weighted by Crippen LogP contribution is -2.29. The van der Waals surface area contributed by atoms with Gasteiger partial charge in [-0.1, -0.05) is 12.1 Å². The number of carboxylic acid groups (broad SMARTS) is 1. The second-order valence-corrected chi connectivity index (χ2v) is 4.53. The Kier molecular flexibility index (Phi) is 2.97. The maximum absolute atomic E-state index is 11.0. The van der Waals surface area contributed by atoms with Gasteiger partial charge in [-0.05, 0) is 28.1 Å². The highest BCUT2D eigenvalue weighted by Crippen LogP contribution is 2.37. The Morgan fingerprint density at radius 3 is 2.85 bits per heavy atom. The van der Waals surface area contributed by atoms with E-state index in [0.717, 1.165) is 11.3 Å². The highest BCUT2D eigenvalue weighted by atomic mass is 16.5. The third-order valence-electron chi connectivity index (χ3n) is 3.43. The number of ether oxygens (including phenoxy) is 1. The fraction of sp³-hybridized carbons (Fsp3) is 0.333. The second kappa shape index (κ2) is 4.80. The van der Waals surface area contributed by atoms with Gasteiger partial charge in [0.15, 0.2) is 5.82 Å². The molecule has 104 valence electrons. The summed E-state index contributed by atoms with van der Waals surface area (Å²) >= 11 is 0. The molecule has 8 heteroatoms. The molecule has 0 spiro atoms. The summed E-state index contributed by atoms with van der Waals surface area (Å²) in [6, 6.07) is 7.08. The summed E-state index contributed by atoms with van der Waals surface area (Å²) in [7, 11) is 1.60. The Morgan fingerprint density at radius 1 is 1.45 bits per heavy atom. The number of nitrogens with zero attached hydrogens (tertiary/aromatic N) is 4. The molecule has 0 unspecified atom stereocenters. The Bertz CT molecular complexity index is 624. The zero-order valence-corrected chi connectivity index (χ0v) is 10.7. The van der Waals surface area contributed by atoms with E-state index in [1.165, 1.54) is 0 Å². The second-order valence-electron chi connectivity index (χ2n) is 4.53. The fourth-order valence-corrected chi connectivity index (χ4v) is 2.48. The Hall–Kier alpha value is -2.64. The molecule has 1 amide bonds. The van der Waals surface area contributed by atoms with Crippen molar-refractivity contribution in [3.63, 3.8) is 0 Å². The number of tetrazole rings is 1. The van der Waals surface area contributed by atoms with E-state index in [1.54, 1.807) is 11.8 Å². The zero-order chi connectivity index (χ0) is 14.1. The third-order valence-corrected chi connectivity index (χ3v) is 3.43. The van der Waals surface area contributed by atoms with Crippen LogP contribution in [0.4, 0.5) is 4.79 Å². The molecule has 2 atom stereocenters. The minimum atomic E-state index is -1.09. The first-order valence-electron chi connectivity index (χ1n) is 6.08. The van der Waals surface area contributed by atoms with E-state index < -0.39 is 12.1 Å². The largest absolute Gasteiger partial charge is 0.497 e. The zero-order valence-electron chi connectivity index (χ0n) is 10.7. The lowest BCUT2D eigenvalue weighted by Gasteiger charge is -2.18. The van der Waals surface area contributed by atoms with Crippen molar-refractivity contribution < 1.29 is 14.6 Å². The normalized spacial score (nSPS) is 20.4. The van der Waals surface area contributed by atoms with Gasteiger partial charge in [-0.25, -0.2) is 9.48 Å². The number of nitrogens with one attached hydrogen (secondary N) is 1. The number of methoxy groups -OCH3 is 1. The van der Waals surface area contributed by atoms with Gasteiger partial charge >= 0.3 is 6.09 Å². The molecule has 1 aliphatic heterocycles. The predicted octanol–water partition coefficient (Wildman–Crippen LogP) is 0.788. The highest BCUT2D eigenvalue weighted by Gasteiger charge is 2.37. The average Bonchev–Trinajstić information content (AvgIpc) is 3.01. The van der Waals surface area contributed by atoms with Gasteiger partial charge in [0.1, 0.15) is 11.8 Å². The van der Waals surface area contributed by atoms with E-state index in [-0.39, 0.29) is 5.92 Å². The van der Waals surface area contributed by atoms with Crippen LogP contribution < -0.4 is 10.1 Å². The summed E-state index contributed by atoms with van der Waals surface area (Å²) in [6.45, 7) is 0.541. The van der Waals surface area contributed by atoms with Crippen molar-refractivity contribution in [3.8, 4) is 5.75 Å². The van der Waals surface area contributed by atoms with E-state index in [4.69, 9.17) is 9.84 Å². The number of hydrogen-bond acceptors (Lipinski definition) is 5. The van der Waals surface area contributed by atoms with Crippen molar-refractivity contribution in [2.45, 2.75) is 18.5 Å². The van der Waals surface area contributed by atoms with Crippen molar-refractivity contribution in [1.29, 1.82) is 0 Å². The van der Waals surface area contributed by atoms with Crippen molar-refractivity contribution >= 4 is 6.09 Å². The average molecular weight is 275 g/mol. The monoisotopic (exact) mass is 275 g/mol. The third kappa shape index (κ3) is 2.04. The van der Waals surface area contributed by atoms with Crippen molar-refractivity contribution in [3.05, 3.63) is 35.7 Å². The van der Waals surface area contributed by atoms with Crippen LogP contribution >= 0.6 is 0 Å². The molecule has 0 radical (unpaired) electrons. The first kappa shape index (κ1) is 12.4. The number of rotatable bonds is 3. The van der Waals surface area contributed by atoms with Gasteiger partial charge in [-0.3, -0.25) is 0 Å². The van der Waals surface area contributed by atoms with E-state index in [0.29, 0.717) is 12.4 Å². The van der Waals surface area contributed by atoms with Gasteiger partial charge in [-0.2, -0.15) is 0 Å². The Labute approximate surface area is 114 Å². The molecule has 0 saturated heterocycles. The molecule has 0 aliphatic carbocycles. The van der Waals surface area contributed by atoms with Gasteiger partial charge in [-0.15, -0.1) is 5.10 Å². The minimum absolute atomic E-state index is 0.0602. The molecule has 0 fully saturated rings. The first-order chi connectivity index (χ1) is 9.69. The van der Waals surface area contributed by atoms with Crippen LogP contribution in [-0.4, -0.2) is 38.5 Å². The van der Waals surface area contributed by atoms with Crippen LogP contribution in [0.3, 0.4) is 0 Å². The molecule has 20 heavy (non-hydrogen) atoms. The molecule has 0 bridgehead atoms. The van der Waals surface area contributed by atoms with E-state index >= 15 is 0 Å². The van der Waals surface area contributed by atoms with Crippen LogP contribution in [-0.2, 0) is 6.54 Å². The molecule has 2 heterocycles. The maximum Gasteiger partial charge on any atom is 0.405 e. The summed E-state index contributed by atoms with van der Waals surface area (Å²) in [4.78, 5) is 11.0. The first-order valence-corrected chi connectivity index (χ1v) is 6.08. The smallest absolute Gasteiger partial charge is 0.405 e. The Morgan fingerprint density at radius 2 is 2.20 bits per heavy atom. The summed E-state index contributed by atoms with van der Waals surface area (Å²) in [6.07, 6.45) is -1.09. The van der Waals surface area contributed by atoms with Gasteiger partial charge < -0.3 is 15.2 Å². The molecule has 2 N–H and O–H groups in total. The van der Waals surface area contributed by atoms with Crippen molar-refractivity contribution in [2.75, 3.05) is 7.11 Å². The van der Waals surface area contributed by atoms with Crippen molar-refractivity contribution in [2.24, 2.45) is 0 Å². The summed E-state index contributed by atoms with van der Waals surface area (Å²) in [5.74, 6) is 1.23. The van der Waals surface area contributed by atoms with Gasteiger partial charge in [0.05, 0.1) is 13.7 Å². The molecule has 8 nitrogen and oxygen atoms in total. The molecular weight excluding hydrogens is 262 g/mol. The SMILES string of the molecule is COc1ccc([C@@H]2Cn3nnnc3[C@H]2NC(=O)O)cc1. The van der Waals surface area contributed by atoms with Gasteiger partial charge in [0.25, 0.3) is 0 Å². The topological polar surface area (TPSA) is 102 Å². The molecule has 0 saturated carbocycles. The lowest BCUT2D eigenvalue weighted by molar-refractivity contribution is 0.188. The number of carbonyl (C=O) groups is 1. The summed E-state index contributed by atoms with van der Waals surface area (Å²) < 4.78 is 6.74. The number of benzene rings is 1. The summed E-state index contributed by atoms with van der Waals surface area (Å²) in [5, 5.41) is 22.8. The fourth-order valence-electron chi connectivity index (χ4n) is 2.48. The number of fused-ring (bicyclic) bond motifs is 1. The highest BCUT2D eigenvalue weighted by molar-refractivity contribution is 5.65. The molecule has 1 aliphatic rings. The quantitative estimate of drug-likeness (QED) is 0.858. The van der Waals surface area contributed by atoms with Crippen molar-refractivity contribution in [1.82, 2.24) is 25.5 Å². The Balaban J connectivity index is 1.91. The van der Waals surface area contributed by atoms with Crippen LogP contribution in [0.15, 0.2) is 24.3 Å². The van der Waals surface area contributed by atoms with E-state index in [2.05, 4.69) is 20.8 Å². The number of hydrogen-bond donors (Lipinski definition) is 2. The van der Waals surface area contributed by atoms with Crippen LogP contribution in [0, 0.1) is 0 Å². The number of amides is 1. The van der Waals surface area contributed by atoms with Crippen LogP contribution in [0.5, 0.6) is 5.75 Å². The molecule has 1 aromatic carbocycles. The standard InChI is InChI=1S/C12H13N5O3/c1-20-8-4-2-7(3-5-8)9-6-17-11(14-15-16-17)10(9)13-12(18)19/h2-5,9-10,13H,6H2,1H3,(H,18,19)/t9-,10-/m0/s1. The van der Waals surface area contributed by atoms with E-state index in [1.807, 2.05) is 24.3 Å². The number of aromatic nitrogens is 4.